The summed E-state index contributed by atoms with van der Waals surface area (Å²) in [5.41, 5.74) is 3.14. The maximum atomic E-state index is 5.66. The van der Waals surface area contributed by atoms with Gasteiger partial charge in [-0.1, -0.05) is 5.16 Å². The molecule has 8 heteroatoms. The van der Waals surface area contributed by atoms with E-state index >= 15 is 0 Å². The summed E-state index contributed by atoms with van der Waals surface area (Å²) in [6.45, 7) is 1.60. The molecule has 0 aromatic carbocycles. The van der Waals surface area contributed by atoms with E-state index in [2.05, 4.69) is 25.2 Å². The molecule has 0 saturated carbocycles. The van der Waals surface area contributed by atoms with Gasteiger partial charge in [0.25, 0.3) is 0 Å². The molecule has 4 heterocycles. The summed E-state index contributed by atoms with van der Waals surface area (Å²) in [5.74, 6) is 2.00. The molecule has 3 aromatic heterocycles. The van der Waals surface area contributed by atoms with Crippen LogP contribution in [0.15, 0.2) is 23.1 Å². The minimum absolute atomic E-state index is 0.133. The third-order valence-electron chi connectivity index (χ3n) is 5.62. The van der Waals surface area contributed by atoms with Crippen molar-refractivity contribution < 1.29 is 9.26 Å². The fraction of sp³-hybridized carbons (Fsp3) is 0.556. The van der Waals surface area contributed by atoms with Crippen LogP contribution >= 0.6 is 0 Å². The number of hydrogen-bond donors (Lipinski definition) is 0. The Hall–Kier alpha value is -2.32. The molecule has 2 atom stereocenters. The highest BCUT2D eigenvalue weighted by atomic mass is 16.5. The molecule has 1 aliphatic carbocycles. The van der Waals surface area contributed by atoms with Gasteiger partial charge in [0.15, 0.2) is 11.5 Å². The average Bonchev–Trinajstić information content (AvgIpc) is 3.39. The van der Waals surface area contributed by atoms with E-state index in [1.165, 1.54) is 18.4 Å². The van der Waals surface area contributed by atoms with Crippen molar-refractivity contribution in [1.29, 1.82) is 0 Å². The molecule has 1 aliphatic heterocycles. The molecule has 26 heavy (non-hydrogen) atoms. The van der Waals surface area contributed by atoms with Crippen LogP contribution in [0.1, 0.15) is 48.1 Å². The number of rotatable bonds is 4. The van der Waals surface area contributed by atoms with Gasteiger partial charge in [0, 0.05) is 44.6 Å². The first kappa shape index (κ1) is 15.9. The SMILES string of the molecule is CO[C@@H]1C[C@@H](c2nnc3cnccn23)N(Cc2noc3c2CCCC3)C1. The molecule has 8 nitrogen and oxygen atoms in total. The maximum absolute atomic E-state index is 5.66. The Kier molecular flexibility index (Phi) is 3.94. The lowest BCUT2D eigenvalue weighted by atomic mass is 9.96. The zero-order valence-corrected chi connectivity index (χ0v) is 14.8. The molecule has 5 rings (SSSR count). The monoisotopic (exact) mass is 354 g/mol. The van der Waals surface area contributed by atoms with Crippen molar-refractivity contribution in [3.63, 3.8) is 0 Å². The molecular formula is C18H22N6O2. The number of aromatic nitrogens is 5. The third kappa shape index (κ3) is 2.60. The van der Waals surface area contributed by atoms with Gasteiger partial charge in [-0.15, -0.1) is 10.2 Å². The lowest BCUT2D eigenvalue weighted by molar-refractivity contribution is 0.107. The normalized spacial score (nSPS) is 23.6. The number of methoxy groups -OCH3 is 1. The Morgan fingerprint density at radius 2 is 2.19 bits per heavy atom. The number of fused-ring (bicyclic) bond motifs is 2. The van der Waals surface area contributed by atoms with Crippen LogP contribution in [0, 0.1) is 0 Å². The molecule has 1 fully saturated rings. The Morgan fingerprint density at radius 1 is 1.27 bits per heavy atom. The van der Waals surface area contributed by atoms with Crippen LogP contribution in [-0.4, -0.2) is 49.4 Å². The van der Waals surface area contributed by atoms with Crippen LogP contribution in [-0.2, 0) is 24.1 Å². The van der Waals surface area contributed by atoms with Crippen molar-refractivity contribution in [2.45, 2.75) is 50.8 Å². The number of aryl methyl sites for hydroxylation is 1. The van der Waals surface area contributed by atoms with E-state index in [0.29, 0.717) is 0 Å². The van der Waals surface area contributed by atoms with Gasteiger partial charge in [0.05, 0.1) is 18.3 Å². The first-order valence-corrected chi connectivity index (χ1v) is 9.21. The molecular weight excluding hydrogens is 332 g/mol. The number of nitrogens with zero attached hydrogens (tertiary/aromatic N) is 6. The van der Waals surface area contributed by atoms with E-state index in [-0.39, 0.29) is 12.1 Å². The fourth-order valence-corrected chi connectivity index (χ4v) is 4.24. The third-order valence-corrected chi connectivity index (χ3v) is 5.62. The minimum atomic E-state index is 0.133. The summed E-state index contributed by atoms with van der Waals surface area (Å²) in [7, 11) is 1.77. The highest BCUT2D eigenvalue weighted by Crippen LogP contribution is 2.35. The smallest absolute Gasteiger partial charge is 0.179 e. The number of ether oxygens (including phenoxy) is 1. The van der Waals surface area contributed by atoms with E-state index < -0.39 is 0 Å². The Balaban J connectivity index is 1.47. The largest absolute Gasteiger partial charge is 0.380 e. The second-order valence-electron chi connectivity index (χ2n) is 7.14. The van der Waals surface area contributed by atoms with Crippen LogP contribution in [0.2, 0.25) is 0 Å². The highest BCUT2D eigenvalue weighted by Gasteiger charge is 2.37. The Bertz CT molecular complexity index is 919. The zero-order valence-electron chi connectivity index (χ0n) is 14.8. The number of hydrogen-bond acceptors (Lipinski definition) is 7. The summed E-state index contributed by atoms with van der Waals surface area (Å²) in [4.78, 5) is 6.51. The lowest BCUT2D eigenvalue weighted by Crippen LogP contribution is -2.26. The summed E-state index contributed by atoms with van der Waals surface area (Å²) in [6, 6.07) is 0.133. The molecule has 0 spiro atoms. The molecule has 0 bridgehead atoms. The lowest BCUT2D eigenvalue weighted by Gasteiger charge is -2.22. The predicted octanol–water partition coefficient (Wildman–Crippen LogP) is 1.95. The van der Waals surface area contributed by atoms with E-state index in [1.54, 1.807) is 19.5 Å². The van der Waals surface area contributed by atoms with Crippen molar-refractivity contribution >= 4 is 5.65 Å². The van der Waals surface area contributed by atoms with Crippen LogP contribution in [0.4, 0.5) is 0 Å². The van der Waals surface area contributed by atoms with Crippen molar-refractivity contribution in [2.75, 3.05) is 13.7 Å². The van der Waals surface area contributed by atoms with E-state index in [9.17, 15) is 0 Å². The number of likely N-dealkylation sites (tertiary alicyclic amines) is 1. The molecule has 0 N–H and O–H groups in total. The first-order chi connectivity index (χ1) is 12.8. The zero-order chi connectivity index (χ0) is 17.5. The maximum Gasteiger partial charge on any atom is 0.179 e. The van der Waals surface area contributed by atoms with E-state index in [4.69, 9.17) is 9.26 Å². The Morgan fingerprint density at radius 3 is 3.12 bits per heavy atom. The van der Waals surface area contributed by atoms with Crippen molar-refractivity contribution in [3.8, 4) is 0 Å². The van der Waals surface area contributed by atoms with Crippen molar-refractivity contribution in [2.24, 2.45) is 0 Å². The van der Waals surface area contributed by atoms with Gasteiger partial charge in [-0.25, -0.2) is 0 Å². The topological polar surface area (TPSA) is 81.6 Å². The van der Waals surface area contributed by atoms with Gasteiger partial charge in [-0.05, 0) is 25.7 Å². The van der Waals surface area contributed by atoms with Crippen LogP contribution in [0.25, 0.3) is 5.65 Å². The van der Waals surface area contributed by atoms with E-state index in [0.717, 1.165) is 55.3 Å². The second-order valence-corrected chi connectivity index (χ2v) is 7.14. The van der Waals surface area contributed by atoms with Gasteiger partial charge in [-0.2, -0.15) is 0 Å². The van der Waals surface area contributed by atoms with Crippen molar-refractivity contribution in [3.05, 3.63) is 41.4 Å². The van der Waals surface area contributed by atoms with Crippen LogP contribution < -0.4 is 0 Å². The molecule has 0 unspecified atom stereocenters. The molecule has 1 saturated heterocycles. The highest BCUT2D eigenvalue weighted by molar-refractivity contribution is 5.34. The minimum Gasteiger partial charge on any atom is -0.380 e. The quantitative estimate of drug-likeness (QED) is 0.708. The first-order valence-electron chi connectivity index (χ1n) is 9.21. The van der Waals surface area contributed by atoms with Gasteiger partial charge in [-0.3, -0.25) is 14.3 Å². The molecule has 0 amide bonds. The van der Waals surface area contributed by atoms with Gasteiger partial charge < -0.3 is 9.26 Å². The van der Waals surface area contributed by atoms with Gasteiger partial charge in [0.1, 0.15) is 11.5 Å². The Labute approximate surface area is 151 Å². The predicted molar refractivity (Wildman–Crippen MR) is 92.5 cm³/mol. The van der Waals surface area contributed by atoms with Gasteiger partial charge >= 0.3 is 0 Å². The standard InChI is InChI=1S/C18H22N6O2/c1-25-12-8-15(18-21-20-17-9-19-6-7-24(17)18)23(10-12)11-14-13-4-2-3-5-16(13)26-22-14/h6-7,9,12,15H,2-5,8,10-11H2,1H3/t12-,15+/m1/s1. The van der Waals surface area contributed by atoms with Crippen molar-refractivity contribution in [1.82, 2.24) is 29.6 Å². The molecule has 136 valence electrons. The van der Waals surface area contributed by atoms with Crippen LogP contribution in [0.5, 0.6) is 0 Å². The fourth-order valence-electron chi connectivity index (χ4n) is 4.24. The second kappa shape index (κ2) is 6.44. The molecule has 0 radical (unpaired) electrons. The summed E-state index contributed by atoms with van der Waals surface area (Å²) in [6.07, 6.45) is 11.0. The summed E-state index contributed by atoms with van der Waals surface area (Å²) >= 11 is 0. The van der Waals surface area contributed by atoms with E-state index in [1.807, 2.05) is 10.6 Å². The molecule has 3 aromatic rings. The van der Waals surface area contributed by atoms with Crippen LogP contribution in [0.3, 0.4) is 0 Å². The summed E-state index contributed by atoms with van der Waals surface area (Å²) in [5, 5.41) is 13.1. The molecule has 2 aliphatic rings. The van der Waals surface area contributed by atoms with Gasteiger partial charge in [0.2, 0.25) is 0 Å². The average molecular weight is 354 g/mol. The summed E-state index contributed by atoms with van der Waals surface area (Å²) < 4.78 is 13.3.